The zero-order valence-electron chi connectivity index (χ0n) is 10.8. The summed E-state index contributed by atoms with van der Waals surface area (Å²) in [7, 11) is 0. The lowest BCUT2D eigenvalue weighted by Crippen LogP contribution is -2.24. The lowest BCUT2D eigenvalue weighted by atomic mass is 9.97. The van der Waals surface area contributed by atoms with Crippen LogP contribution in [0.2, 0.25) is 0 Å². The number of rotatable bonds is 8. The Morgan fingerprint density at radius 1 is 0.857 bits per heavy atom. The molecule has 0 aromatic heterocycles. The van der Waals surface area contributed by atoms with Crippen molar-refractivity contribution in [1.29, 1.82) is 0 Å². The van der Waals surface area contributed by atoms with Gasteiger partial charge in [-0.2, -0.15) is 0 Å². The van der Waals surface area contributed by atoms with Gasteiger partial charge >= 0.3 is 0 Å². The maximum atomic E-state index is 3.48. The van der Waals surface area contributed by atoms with Crippen molar-refractivity contribution in [3.8, 4) is 0 Å². The first-order chi connectivity index (χ1) is 6.52. The van der Waals surface area contributed by atoms with Crippen molar-refractivity contribution in [3.05, 3.63) is 0 Å². The standard InChI is InChI=1S/C13H29N/c1-11(2)7-6-8-13(5)9-10-14-12(3)4/h11-14H,6-10H2,1-5H3. The molecule has 0 aliphatic rings. The highest BCUT2D eigenvalue weighted by atomic mass is 14.9. The zero-order valence-corrected chi connectivity index (χ0v) is 10.8. The van der Waals surface area contributed by atoms with Crippen molar-refractivity contribution >= 4 is 0 Å². The Kier molecular flexibility index (Phi) is 8.26. The molecule has 0 saturated heterocycles. The SMILES string of the molecule is CC(C)CCCC(C)CCNC(C)C. The van der Waals surface area contributed by atoms with E-state index in [-0.39, 0.29) is 0 Å². The van der Waals surface area contributed by atoms with E-state index < -0.39 is 0 Å². The molecule has 0 aliphatic carbocycles. The van der Waals surface area contributed by atoms with Gasteiger partial charge < -0.3 is 5.32 Å². The van der Waals surface area contributed by atoms with E-state index in [0.29, 0.717) is 6.04 Å². The lowest BCUT2D eigenvalue weighted by Gasteiger charge is -2.14. The smallest absolute Gasteiger partial charge is 0.00103 e. The molecule has 1 heteroatoms. The van der Waals surface area contributed by atoms with E-state index in [1.807, 2.05) is 0 Å². The average Bonchev–Trinajstić information content (AvgIpc) is 2.02. The van der Waals surface area contributed by atoms with Crippen LogP contribution >= 0.6 is 0 Å². The van der Waals surface area contributed by atoms with Gasteiger partial charge in [0.1, 0.15) is 0 Å². The van der Waals surface area contributed by atoms with Crippen molar-refractivity contribution in [2.75, 3.05) is 6.54 Å². The normalized spacial score (nSPS) is 13.9. The Bertz CT molecular complexity index is 104. The van der Waals surface area contributed by atoms with Crippen LogP contribution in [0, 0.1) is 11.8 Å². The molecule has 0 rings (SSSR count). The molecule has 0 radical (unpaired) electrons. The van der Waals surface area contributed by atoms with Crippen LogP contribution in [0.4, 0.5) is 0 Å². The first-order valence-corrected chi connectivity index (χ1v) is 6.25. The van der Waals surface area contributed by atoms with E-state index >= 15 is 0 Å². The number of nitrogens with one attached hydrogen (secondary N) is 1. The molecule has 0 fully saturated rings. The zero-order chi connectivity index (χ0) is 11.0. The highest BCUT2D eigenvalue weighted by Crippen LogP contribution is 2.14. The van der Waals surface area contributed by atoms with Gasteiger partial charge in [-0.05, 0) is 24.8 Å². The van der Waals surface area contributed by atoms with Crippen LogP contribution in [-0.4, -0.2) is 12.6 Å². The van der Waals surface area contributed by atoms with Gasteiger partial charge in [0.05, 0.1) is 0 Å². The maximum absolute atomic E-state index is 3.48. The second kappa shape index (κ2) is 8.28. The summed E-state index contributed by atoms with van der Waals surface area (Å²) in [6, 6.07) is 0.637. The topological polar surface area (TPSA) is 12.0 Å². The third kappa shape index (κ3) is 10.0. The first kappa shape index (κ1) is 14.0. The summed E-state index contributed by atoms with van der Waals surface area (Å²) in [5.74, 6) is 1.76. The van der Waals surface area contributed by atoms with Gasteiger partial charge in [0.2, 0.25) is 0 Å². The fraction of sp³-hybridized carbons (Fsp3) is 1.00. The summed E-state index contributed by atoms with van der Waals surface area (Å²) in [6.45, 7) is 12.6. The van der Waals surface area contributed by atoms with Crippen molar-refractivity contribution in [2.45, 2.75) is 66.3 Å². The predicted octanol–water partition coefficient (Wildman–Crippen LogP) is 3.84. The summed E-state index contributed by atoms with van der Waals surface area (Å²) in [5.41, 5.74) is 0. The largest absolute Gasteiger partial charge is 0.315 e. The van der Waals surface area contributed by atoms with Crippen LogP contribution in [0.25, 0.3) is 0 Å². The highest BCUT2D eigenvalue weighted by molar-refractivity contribution is 4.59. The first-order valence-electron chi connectivity index (χ1n) is 6.25. The Hall–Kier alpha value is -0.0400. The molecular formula is C13H29N. The van der Waals surface area contributed by atoms with Gasteiger partial charge in [-0.1, -0.05) is 53.9 Å². The number of hydrogen-bond donors (Lipinski definition) is 1. The highest BCUT2D eigenvalue weighted by Gasteiger charge is 2.03. The summed E-state index contributed by atoms with van der Waals surface area (Å²) < 4.78 is 0. The van der Waals surface area contributed by atoms with E-state index in [1.165, 1.54) is 32.2 Å². The monoisotopic (exact) mass is 199 g/mol. The minimum absolute atomic E-state index is 0.637. The van der Waals surface area contributed by atoms with Gasteiger partial charge in [0.25, 0.3) is 0 Å². The van der Waals surface area contributed by atoms with Gasteiger partial charge in [-0.15, -0.1) is 0 Å². The van der Waals surface area contributed by atoms with Crippen LogP contribution in [0.1, 0.15) is 60.3 Å². The molecule has 1 nitrogen and oxygen atoms in total. The molecule has 1 N–H and O–H groups in total. The van der Waals surface area contributed by atoms with Gasteiger partial charge in [-0.3, -0.25) is 0 Å². The minimum Gasteiger partial charge on any atom is -0.315 e. The molecule has 0 spiro atoms. The Balaban J connectivity index is 3.23. The second-order valence-electron chi connectivity index (χ2n) is 5.33. The molecule has 0 heterocycles. The number of hydrogen-bond acceptors (Lipinski definition) is 1. The van der Waals surface area contributed by atoms with E-state index in [4.69, 9.17) is 0 Å². The van der Waals surface area contributed by atoms with E-state index in [2.05, 4.69) is 39.9 Å². The lowest BCUT2D eigenvalue weighted by molar-refractivity contribution is 0.418. The molecule has 14 heavy (non-hydrogen) atoms. The molecule has 86 valence electrons. The second-order valence-corrected chi connectivity index (χ2v) is 5.33. The van der Waals surface area contributed by atoms with Gasteiger partial charge in [-0.25, -0.2) is 0 Å². The van der Waals surface area contributed by atoms with Crippen molar-refractivity contribution < 1.29 is 0 Å². The summed E-state index contributed by atoms with van der Waals surface area (Å²) >= 11 is 0. The minimum atomic E-state index is 0.637. The molecule has 1 unspecified atom stereocenters. The quantitative estimate of drug-likeness (QED) is 0.626. The Morgan fingerprint density at radius 3 is 2.00 bits per heavy atom. The van der Waals surface area contributed by atoms with Crippen LogP contribution in [0.3, 0.4) is 0 Å². The molecular weight excluding hydrogens is 170 g/mol. The predicted molar refractivity (Wildman–Crippen MR) is 65.6 cm³/mol. The molecule has 0 amide bonds. The Morgan fingerprint density at radius 2 is 1.50 bits per heavy atom. The summed E-state index contributed by atoms with van der Waals surface area (Å²) in [5, 5.41) is 3.48. The van der Waals surface area contributed by atoms with Crippen LogP contribution in [-0.2, 0) is 0 Å². The van der Waals surface area contributed by atoms with E-state index in [0.717, 1.165) is 11.8 Å². The summed E-state index contributed by atoms with van der Waals surface area (Å²) in [4.78, 5) is 0. The summed E-state index contributed by atoms with van der Waals surface area (Å²) in [6.07, 6.45) is 5.52. The van der Waals surface area contributed by atoms with E-state index in [1.54, 1.807) is 0 Å². The third-order valence-electron chi connectivity index (χ3n) is 2.67. The fourth-order valence-electron chi connectivity index (χ4n) is 1.64. The fourth-order valence-corrected chi connectivity index (χ4v) is 1.64. The van der Waals surface area contributed by atoms with Crippen LogP contribution in [0.5, 0.6) is 0 Å². The Labute approximate surface area is 90.7 Å². The molecule has 1 atom stereocenters. The molecule has 0 aromatic rings. The molecule has 0 aromatic carbocycles. The maximum Gasteiger partial charge on any atom is 0.00103 e. The third-order valence-corrected chi connectivity index (χ3v) is 2.67. The van der Waals surface area contributed by atoms with Gasteiger partial charge in [0.15, 0.2) is 0 Å². The van der Waals surface area contributed by atoms with Crippen LogP contribution < -0.4 is 5.32 Å². The van der Waals surface area contributed by atoms with Crippen molar-refractivity contribution in [3.63, 3.8) is 0 Å². The molecule has 0 saturated carbocycles. The molecule has 0 aliphatic heterocycles. The average molecular weight is 199 g/mol. The van der Waals surface area contributed by atoms with Crippen molar-refractivity contribution in [1.82, 2.24) is 5.32 Å². The van der Waals surface area contributed by atoms with Gasteiger partial charge in [0, 0.05) is 6.04 Å². The molecule has 0 bridgehead atoms. The van der Waals surface area contributed by atoms with Crippen LogP contribution in [0.15, 0.2) is 0 Å². The van der Waals surface area contributed by atoms with Crippen molar-refractivity contribution in [2.24, 2.45) is 11.8 Å². The van der Waals surface area contributed by atoms with E-state index in [9.17, 15) is 0 Å².